The zero-order valence-corrected chi connectivity index (χ0v) is 19.5. The van der Waals surface area contributed by atoms with E-state index in [4.69, 9.17) is 0 Å². The van der Waals surface area contributed by atoms with Crippen LogP contribution in [0.3, 0.4) is 0 Å². The fourth-order valence-corrected chi connectivity index (χ4v) is 6.20. The number of sulfonamides is 1. The van der Waals surface area contributed by atoms with Crippen LogP contribution in [-0.4, -0.2) is 54.9 Å². The van der Waals surface area contributed by atoms with Crippen molar-refractivity contribution in [1.82, 2.24) is 14.6 Å². The van der Waals surface area contributed by atoms with Gasteiger partial charge in [-0.1, -0.05) is 13.0 Å². The second-order valence-corrected chi connectivity index (χ2v) is 11.1. The van der Waals surface area contributed by atoms with E-state index in [9.17, 15) is 18.0 Å². The predicted molar refractivity (Wildman–Crippen MR) is 123 cm³/mol. The minimum absolute atomic E-state index is 0.155. The van der Waals surface area contributed by atoms with Gasteiger partial charge in [0.2, 0.25) is 21.8 Å². The molecule has 1 aromatic carbocycles. The fourth-order valence-electron chi connectivity index (χ4n) is 3.79. The standard InChI is InChI=1S/C22H26N4O4S2/c1-16-6-9-25(10-7-16)32(29,30)18-4-5-20-19(11-18)26(22(28)15-31-20)14-21(27)24-13-17-3-2-8-23-12-17/h2-5,8,11-12,16H,6-7,9-10,13-15H2,1H3,(H,24,27). The van der Waals surface area contributed by atoms with Crippen LogP contribution >= 0.6 is 11.8 Å². The highest BCUT2D eigenvalue weighted by molar-refractivity contribution is 8.00. The van der Waals surface area contributed by atoms with E-state index in [0.29, 0.717) is 31.2 Å². The minimum Gasteiger partial charge on any atom is -0.350 e. The fraction of sp³-hybridized carbons (Fsp3) is 0.409. The molecular weight excluding hydrogens is 448 g/mol. The number of amides is 2. The normalized spacial score (nSPS) is 17.8. The van der Waals surface area contributed by atoms with E-state index in [1.54, 1.807) is 30.6 Å². The third-order valence-electron chi connectivity index (χ3n) is 5.77. The lowest BCUT2D eigenvalue weighted by Gasteiger charge is -2.31. The number of fused-ring (bicyclic) bond motifs is 1. The summed E-state index contributed by atoms with van der Waals surface area (Å²) >= 11 is 1.35. The van der Waals surface area contributed by atoms with Crippen LogP contribution in [-0.2, 0) is 26.2 Å². The number of nitrogens with one attached hydrogen (secondary N) is 1. The molecule has 2 aliphatic rings. The Hall–Kier alpha value is -2.43. The Kier molecular flexibility index (Phi) is 6.82. The van der Waals surface area contributed by atoms with Crippen molar-refractivity contribution in [3.8, 4) is 0 Å². The van der Waals surface area contributed by atoms with Crippen LogP contribution in [0, 0.1) is 5.92 Å². The number of carbonyl (C=O) groups excluding carboxylic acids is 2. The van der Waals surface area contributed by atoms with E-state index in [2.05, 4.69) is 17.2 Å². The first-order valence-electron chi connectivity index (χ1n) is 10.6. The summed E-state index contributed by atoms with van der Waals surface area (Å²) in [6.45, 7) is 3.25. The quantitative estimate of drug-likeness (QED) is 0.689. The van der Waals surface area contributed by atoms with E-state index in [-0.39, 0.29) is 29.0 Å². The number of benzene rings is 1. The van der Waals surface area contributed by atoms with Crippen LogP contribution in [0.4, 0.5) is 5.69 Å². The maximum absolute atomic E-state index is 13.2. The molecule has 1 N–H and O–H groups in total. The number of pyridine rings is 1. The van der Waals surface area contributed by atoms with Crippen molar-refractivity contribution in [3.63, 3.8) is 0 Å². The zero-order valence-electron chi connectivity index (χ0n) is 17.9. The van der Waals surface area contributed by atoms with Crippen molar-refractivity contribution >= 4 is 39.3 Å². The van der Waals surface area contributed by atoms with Gasteiger partial charge in [0.15, 0.2) is 0 Å². The van der Waals surface area contributed by atoms with Crippen LogP contribution < -0.4 is 10.2 Å². The molecule has 0 radical (unpaired) electrons. The molecule has 1 aromatic heterocycles. The Bertz CT molecular complexity index is 1100. The van der Waals surface area contributed by atoms with Gasteiger partial charge in [-0.25, -0.2) is 8.42 Å². The van der Waals surface area contributed by atoms with E-state index >= 15 is 0 Å². The first-order chi connectivity index (χ1) is 15.3. The molecule has 3 heterocycles. The molecule has 2 aromatic rings. The van der Waals surface area contributed by atoms with E-state index in [1.165, 1.54) is 27.0 Å². The highest BCUT2D eigenvalue weighted by atomic mass is 32.2. The average molecular weight is 475 g/mol. The molecule has 2 aliphatic heterocycles. The summed E-state index contributed by atoms with van der Waals surface area (Å²) in [5.41, 5.74) is 1.32. The third kappa shape index (κ3) is 4.97. The monoisotopic (exact) mass is 474 g/mol. The number of piperidine rings is 1. The van der Waals surface area contributed by atoms with Gasteiger partial charge in [-0.15, -0.1) is 11.8 Å². The summed E-state index contributed by atoms with van der Waals surface area (Å²) in [5.74, 6) is 0.178. The molecule has 0 bridgehead atoms. The summed E-state index contributed by atoms with van der Waals surface area (Å²) in [4.78, 5) is 31.5. The van der Waals surface area contributed by atoms with Crippen molar-refractivity contribution in [1.29, 1.82) is 0 Å². The molecule has 0 aliphatic carbocycles. The first-order valence-corrected chi connectivity index (χ1v) is 13.0. The SMILES string of the molecule is CC1CCN(S(=O)(=O)c2ccc3c(c2)N(CC(=O)NCc2cccnc2)C(=O)CS3)CC1. The van der Waals surface area contributed by atoms with Crippen LogP contribution in [0.5, 0.6) is 0 Å². The van der Waals surface area contributed by atoms with Crippen molar-refractivity contribution < 1.29 is 18.0 Å². The second kappa shape index (κ2) is 9.60. The molecule has 32 heavy (non-hydrogen) atoms. The third-order valence-corrected chi connectivity index (χ3v) is 8.71. The van der Waals surface area contributed by atoms with Gasteiger partial charge in [-0.2, -0.15) is 4.31 Å². The lowest BCUT2D eigenvalue weighted by Crippen LogP contribution is -2.43. The number of anilines is 1. The molecule has 0 spiro atoms. The van der Waals surface area contributed by atoms with E-state index < -0.39 is 10.0 Å². The molecule has 170 valence electrons. The van der Waals surface area contributed by atoms with Crippen molar-refractivity contribution in [2.24, 2.45) is 5.92 Å². The van der Waals surface area contributed by atoms with Crippen LogP contribution in [0.2, 0.25) is 0 Å². The molecule has 0 unspecified atom stereocenters. The first kappa shape index (κ1) is 22.8. The van der Waals surface area contributed by atoms with Gasteiger partial charge in [0, 0.05) is 36.9 Å². The Morgan fingerprint density at radius 1 is 1.25 bits per heavy atom. The van der Waals surface area contributed by atoms with Crippen LogP contribution in [0.15, 0.2) is 52.5 Å². The van der Waals surface area contributed by atoms with Crippen molar-refractivity contribution in [2.45, 2.75) is 36.1 Å². The van der Waals surface area contributed by atoms with Crippen molar-refractivity contribution in [3.05, 3.63) is 48.3 Å². The molecule has 0 saturated carbocycles. The molecule has 4 rings (SSSR count). The van der Waals surface area contributed by atoms with Crippen molar-refractivity contribution in [2.75, 3.05) is 30.3 Å². The number of carbonyl (C=O) groups is 2. The molecule has 2 amide bonds. The second-order valence-electron chi connectivity index (χ2n) is 8.12. The number of hydrogen-bond acceptors (Lipinski definition) is 6. The number of hydrogen-bond donors (Lipinski definition) is 1. The summed E-state index contributed by atoms with van der Waals surface area (Å²) < 4.78 is 27.9. The number of thioether (sulfide) groups is 1. The highest BCUT2D eigenvalue weighted by Gasteiger charge is 2.32. The van der Waals surface area contributed by atoms with Gasteiger partial charge in [0.25, 0.3) is 0 Å². The number of aromatic nitrogens is 1. The van der Waals surface area contributed by atoms with Crippen LogP contribution in [0.1, 0.15) is 25.3 Å². The largest absolute Gasteiger partial charge is 0.350 e. The molecule has 0 atom stereocenters. The Balaban J connectivity index is 1.52. The summed E-state index contributed by atoms with van der Waals surface area (Å²) in [7, 11) is -3.66. The molecule has 8 nitrogen and oxygen atoms in total. The summed E-state index contributed by atoms with van der Waals surface area (Å²) in [6, 6.07) is 8.49. The van der Waals surface area contributed by atoms with Gasteiger partial charge in [-0.05, 0) is 48.6 Å². The number of nitrogens with zero attached hydrogens (tertiary/aromatic N) is 3. The van der Waals surface area contributed by atoms with Crippen LogP contribution in [0.25, 0.3) is 0 Å². The predicted octanol–water partition coefficient (Wildman–Crippen LogP) is 2.26. The van der Waals surface area contributed by atoms with Gasteiger partial charge in [0.1, 0.15) is 6.54 Å². The van der Waals surface area contributed by atoms with Gasteiger partial charge in [0.05, 0.1) is 16.3 Å². The number of rotatable bonds is 6. The zero-order chi connectivity index (χ0) is 22.7. The minimum atomic E-state index is -3.66. The Morgan fingerprint density at radius 2 is 2.03 bits per heavy atom. The topological polar surface area (TPSA) is 99.7 Å². The Morgan fingerprint density at radius 3 is 2.75 bits per heavy atom. The molecular formula is C22H26N4O4S2. The van der Waals surface area contributed by atoms with E-state index in [1.807, 2.05) is 6.07 Å². The molecule has 1 fully saturated rings. The van der Waals surface area contributed by atoms with Gasteiger partial charge in [-0.3, -0.25) is 14.6 Å². The molecule has 1 saturated heterocycles. The lowest BCUT2D eigenvalue weighted by atomic mass is 10.0. The Labute approximate surface area is 192 Å². The van der Waals surface area contributed by atoms with Gasteiger partial charge >= 0.3 is 0 Å². The summed E-state index contributed by atoms with van der Waals surface area (Å²) in [6.07, 6.45) is 4.99. The van der Waals surface area contributed by atoms with Gasteiger partial charge < -0.3 is 10.2 Å². The highest BCUT2D eigenvalue weighted by Crippen LogP contribution is 2.37. The maximum atomic E-state index is 13.2. The van der Waals surface area contributed by atoms with E-state index in [0.717, 1.165) is 23.3 Å². The maximum Gasteiger partial charge on any atom is 0.243 e. The average Bonchev–Trinajstić information content (AvgIpc) is 2.80. The summed E-state index contributed by atoms with van der Waals surface area (Å²) in [5, 5.41) is 2.79. The smallest absolute Gasteiger partial charge is 0.243 e. The molecule has 10 heteroatoms. The lowest BCUT2D eigenvalue weighted by molar-refractivity contribution is -0.123.